The van der Waals surface area contributed by atoms with Gasteiger partial charge in [0.25, 0.3) is 11.5 Å². The molecule has 3 aromatic rings. The summed E-state index contributed by atoms with van der Waals surface area (Å²) < 4.78 is 1.74. The molecule has 7 heteroatoms. The van der Waals surface area contributed by atoms with Gasteiger partial charge in [0.15, 0.2) is 0 Å². The number of nitrogens with zero attached hydrogens (tertiary/aromatic N) is 3. The van der Waals surface area contributed by atoms with Gasteiger partial charge in [0, 0.05) is 31.7 Å². The smallest absolute Gasteiger partial charge is 0.263 e. The van der Waals surface area contributed by atoms with Crippen molar-refractivity contribution in [3.8, 4) is 0 Å². The first-order chi connectivity index (χ1) is 15.6. The molecule has 2 aliphatic rings. The normalized spacial score (nSPS) is 20.0. The Hall–Kier alpha value is -2.93. The van der Waals surface area contributed by atoms with Crippen molar-refractivity contribution in [2.24, 2.45) is 5.92 Å². The SMILES string of the molecule is Cc1ccn(CC2CCCNC2)c(=O)c1C(=O)N1CCC(c2nc3ccccc3[nH]2)CC1. The highest BCUT2D eigenvalue weighted by molar-refractivity contribution is 5.95. The predicted octanol–water partition coefficient (Wildman–Crippen LogP) is 3.05. The van der Waals surface area contributed by atoms with Crippen LogP contribution in [0.2, 0.25) is 0 Å². The number of amides is 1. The first kappa shape index (κ1) is 20.9. The maximum atomic E-state index is 13.3. The van der Waals surface area contributed by atoms with Gasteiger partial charge in [-0.05, 0) is 75.4 Å². The Morgan fingerprint density at radius 2 is 1.97 bits per heavy atom. The number of aryl methyl sites for hydroxylation is 1. The van der Waals surface area contributed by atoms with Gasteiger partial charge in [-0.3, -0.25) is 9.59 Å². The number of aromatic amines is 1. The van der Waals surface area contributed by atoms with Crippen molar-refractivity contribution < 1.29 is 4.79 Å². The second-order valence-corrected chi connectivity index (χ2v) is 9.25. The quantitative estimate of drug-likeness (QED) is 0.663. The minimum absolute atomic E-state index is 0.133. The third kappa shape index (κ3) is 4.09. The van der Waals surface area contributed by atoms with Gasteiger partial charge in [0.1, 0.15) is 11.4 Å². The minimum atomic E-state index is -0.153. The van der Waals surface area contributed by atoms with Crippen molar-refractivity contribution in [3.05, 3.63) is 63.8 Å². The lowest BCUT2D eigenvalue weighted by atomic mass is 9.95. The van der Waals surface area contributed by atoms with Gasteiger partial charge < -0.3 is 19.8 Å². The molecule has 1 aromatic carbocycles. The van der Waals surface area contributed by atoms with E-state index in [4.69, 9.17) is 4.98 Å². The molecule has 0 radical (unpaired) electrons. The standard InChI is InChI=1S/C25H31N5O2/c1-17-8-12-30(16-18-5-4-11-26-15-18)25(32)22(17)24(31)29-13-9-19(10-14-29)23-27-20-6-2-3-7-21(20)28-23/h2-3,6-8,12,18-19,26H,4-5,9-11,13-16H2,1H3,(H,27,28). The van der Waals surface area contributed by atoms with Crippen molar-refractivity contribution >= 4 is 16.9 Å². The summed E-state index contributed by atoms with van der Waals surface area (Å²) in [5.74, 6) is 1.61. The monoisotopic (exact) mass is 433 g/mol. The zero-order chi connectivity index (χ0) is 22.1. The number of benzene rings is 1. The number of imidazole rings is 1. The number of rotatable bonds is 4. The number of aromatic nitrogens is 3. The Morgan fingerprint density at radius 3 is 2.72 bits per heavy atom. The molecule has 4 heterocycles. The van der Waals surface area contributed by atoms with Gasteiger partial charge in [0.2, 0.25) is 0 Å². The Labute approximate surface area is 187 Å². The number of pyridine rings is 1. The Bertz CT molecular complexity index is 1130. The number of likely N-dealkylation sites (tertiary alicyclic amines) is 1. The summed E-state index contributed by atoms with van der Waals surface area (Å²) >= 11 is 0. The molecule has 0 aliphatic carbocycles. The van der Waals surface area contributed by atoms with Crippen LogP contribution in [-0.2, 0) is 6.54 Å². The molecule has 1 atom stereocenters. The molecule has 168 valence electrons. The third-order valence-corrected chi connectivity index (χ3v) is 7.02. The summed E-state index contributed by atoms with van der Waals surface area (Å²) in [6.07, 6.45) is 5.79. The van der Waals surface area contributed by atoms with E-state index in [-0.39, 0.29) is 11.5 Å². The molecule has 5 rings (SSSR count). The topological polar surface area (TPSA) is 83.0 Å². The van der Waals surface area contributed by atoms with Crippen LogP contribution in [0.3, 0.4) is 0 Å². The number of piperidine rings is 2. The zero-order valence-electron chi connectivity index (χ0n) is 18.6. The lowest BCUT2D eigenvalue weighted by Gasteiger charge is -2.31. The molecule has 2 saturated heterocycles. The molecule has 1 amide bonds. The van der Waals surface area contributed by atoms with Crippen molar-refractivity contribution in [2.45, 2.75) is 45.1 Å². The molecule has 32 heavy (non-hydrogen) atoms. The predicted molar refractivity (Wildman–Crippen MR) is 125 cm³/mol. The first-order valence-corrected chi connectivity index (χ1v) is 11.7. The molecule has 0 spiro atoms. The van der Waals surface area contributed by atoms with Crippen LogP contribution in [0.25, 0.3) is 11.0 Å². The number of hydrogen-bond acceptors (Lipinski definition) is 4. The van der Waals surface area contributed by atoms with E-state index in [0.29, 0.717) is 37.0 Å². The molecule has 0 saturated carbocycles. The Kier molecular flexibility index (Phi) is 5.83. The fourth-order valence-corrected chi connectivity index (χ4v) is 5.11. The van der Waals surface area contributed by atoms with Crippen LogP contribution in [0.15, 0.2) is 41.3 Å². The molecular formula is C25H31N5O2. The van der Waals surface area contributed by atoms with Crippen LogP contribution in [0.5, 0.6) is 0 Å². The molecule has 7 nitrogen and oxygen atoms in total. The highest BCUT2D eigenvalue weighted by atomic mass is 16.2. The number of fused-ring (bicyclic) bond motifs is 1. The van der Waals surface area contributed by atoms with Crippen molar-refractivity contribution in [1.29, 1.82) is 0 Å². The first-order valence-electron chi connectivity index (χ1n) is 11.7. The fraction of sp³-hybridized carbons (Fsp3) is 0.480. The number of nitrogens with one attached hydrogen (secondary N) is 2. The van der Waals surface area contributed by atoms with Crippen LogP contribution in [0.1, 0.15) is 53.3 Å². The largest absolute Gasteiger partial charge is 0.342 e. The van der Waals surface area contributed by atoms with Gasteiger partial charge >= 0.3 is 0 Å². The van der Waals surface area contributed by atoms with E-state index in [1.165, 1.54) is 0 Å². The van der Waals surface area contributed by atoms with Gasteiger partial charge in [-0.1, -0.05) is 12.1 Å². The van der Waals surface area contributed by atoms with E-state index in [2.05, 4.69) is 10.3 Å². The second-order valence-electron chi connectivity index (χ2n) is 9.25. The van der Waals surface area contributed by atoms with E-state index >= 15 is 0 Å². The van der Waals surface area contributed by atoms with E-state index in [1.807, 2.05) is 48.4 Å². The lowest BCUT2D eigenvalue weighted by Crippen LogP contribution is -2.42. The number of carbonyl (C=O) groups excluding carboxylic acids is 1. The maximum absolute atomic E-state index is 13.3. The second kappa shape index (κ2) is 8.90. The Morgan fingerprint density at radius 1 is 1.16 bits per heavy atom. The van der Waals surface area contributed by atoms with Crippen LogP contribution >= 0.6 is 0 Å². The van der Waals surface area contributed by atoms with Gasteiger partial charge in [-0.2, -0.15) is 0 Å². The molecule has 2 aliphatic heterocycles. The molecular weight excluding hydrogens is 402 g/mol. The molecule has 2 aromatic heterocycles. The van der Waals surface area contributed by atoms with E-state index < -0.39 is 0 Å². The van der Waals surface area contributed by atoms with Crippen LogP contribution in [0.4, 0.5) is 0 Å². The highest BCUT2D eigenvalue weighted by Gasteiger charge is 2.29. The Balaban J connectivity index is 1.29. The van der Waals surface area contributed by atoms with Crippen molar-refractivity contribution in [1.82, 2.24) is 24.8 Å². The molecule has 1 unspecified atom stereocenters. The molecule has 2 fully saturated rings. The average molecular weight is 434 g/mol. The number of para-hydroxylation sites is 2. The van der Waals surface area contributed by atoms with Crippen LogP contribution in [0, 0.1) is 12.8 Å². The summed E-state index contributed by atoms with van der Waals surface area (Å²) in [6, 6.07) is 9.96. The zero-order valence-corrected chi connectivity index (χ0v) is 18.6. The highest BCUT2D eigenvalue weighted by Crippen LogP contribution is 2.28. The van der Waals surface area contributed by atoms with E-state index in [0.717, 1.165) is 61.2 Å². The van der Waals surface area contributed by atoms with Crippen LogP contribution < -0.4 is 10.9 Å². The third-order valence-electron chi connectivity index (χ3n) is 7.02. The number of H-pyrrole nitrogens is 1. The minimum Gasteiger partial charge on any atom is -0.342 e. The summed E-state index contributed by atoms with van der Waals surface area (Å²) in [7, 11) is 0. The summed E-state index contributed by atoms with van der Waals surface area (Å²) in [5, 5.41) is 3.40. The van der Waals surface area contributed by atoms with Crippen LogP contribution in [-0.4, -0.2) is 51.5 Å². The van der Waals surface area contributed by atoms with Crippen molar-refractivity contribution in [3.63, 3.8) is 0 Å². The number of hydrogen-bond donors (Lipinski definition) is 2. The van der Waals surface area contributed by atoms with Gasteiger partial charge in [-0.15, -0.1) is 0 Å². The molecule has 2 N–H and O–H groups in total. The van der Waals surface area contributed by atoms with Crippen molar-refractivity contribution in [2.75, 3.05) is 26.2 Å². The van der Waals surface area contributed by atoms with E-state index in [9.17, 15) is 9.59 Å². The summed E-state index contributed by atoms with van der Waals surface area (Å²) in [6.45, 7) is 5.79. The fourth-order valence-electron chi connectivity index (χ4n) is 5.11. The number of carbonyl (C=O) groups is 1. The van der Waals surface area contributed by atoms with Gasteiger partial charge in [-0.25, -0.2) is 4.98 Å². The molecule has 0 bridgehead atoms. The van der Waals surface area contributed by atoms with Gasteiger partial charge in [0.05, 0.1) is 11.0 Å². The average Bonchev–Trinajstić information content (AvgIpc) is 3.26. The summed E-state index contributed by atoms with van der Waals surface area (Å²) in [5.41, 5.74) is 2.97. The lowest BCUT2D eigenvalue weighted by molar-refractivity contribution is 0.0707. The van der Waals surface area contributed by atoms with E-state index in [1.54, 1.807) is 4.57 Å². The summed E-state index contributed by atoms with van der Waals surface area (Å²) in [4.78, 5) is 36.6. The maximum Gasteiger partial charge on any atom is 0.263 e.